The summed E-state index contributed by atoms with van der Waals surface area (Å²) in [5, 5.41) is 0. The van der Waals surface area contributed by atoms with Gasteiger partial charge < -0.3 is 0 Å². The summed E-state index contributed by atoms with van der Waals surface area (Å²) in [5.41, 5.74) is 12.0. The van der Waals surface area contributed by atoms with Gasteiger partial charge in [-0.2, -0.15) is 0 Å². The zero-order valence-corrected chi connectivity index (χ0v) is 29.6. The van der Waals surface area contributed by atoms with Gasteiger partial charge in [-0.25, -0.2) is 0 Å². The Labute approximate surface area is 277 Å². The van der Waals surface area contributed by atoms with E-state index in [-0.39, 0.29) is 0 Å². The average molecular weight is 606 g/mol. The molecule has 1 heteroatoms. The second-order valence-corrected chi connectivity index (χ2v) is 13.1. The van der Waals surface area contributed by atoms with Crippen LogP contribution in [0.3, 0.4) is 0 Å². The highest BCUT2D eigenvalue weighted by Crippen LogP contribution is 2.29. The van der Waals surface area contributed by atoms with Crippen LogP contribution in [-0.2, 0) is 19.3 Å². The Balaban J connectivity index is 1.79. The summed E-state index contributed by atoms with van der Waals surface area (Å²) in [4.78, 5) is 5.23. The number of nitrogens with zero attached hydrogens (tertiary/aromatic N) is 1. The fraction of sp³-hybridized carbons (Fsp3) is 0.523. The Morgan fingerprint density at radius 1 is 0.556 bits per heavy atom. The number of aryl methyl sites for hydroxylation is 3. The Hall–Kier alpha value is -2.93. The molecule has 0 amide bonds. The van der Waals surface area contributed by atoms with Crippen molar-refractivity contribution >= 4 is 17.5 Å². The third-order valence-electron chi connectivity index (χ3n) is 9.24. The topological polar surface area (TPSA) is 12.4 Å². The van der Waals surface area contributed by atoms with Crippen molar-refractivity contribution in [1.82, 2.24) is 0 Å². The molecular formula is C44H63N. The van der Waals surface area contributed by atoms with Crippen LogP contribution in [-0.4, -0.2) is 5.71 Å². The molecule has 0 fully saturated rings. The van der Waals surface area contributed by atoms with Crippen LogP contribution >= 0.6 is 0 Å². The summed E-state index contributed by atoms with van der Waals surface area (Å²) in [6, 6.07) is 25.1. The smallest absolute Gasteiger partial charge is 0.0636 e. The van der Waals surface area contributed by atoms with Crippen LogP contribution in [0.4, 0.5) is 5.69 Å². The van der Waals surface area contributed by atoms with Crippen molar-refractivity contribution in [2.75, 3.05) is 0 Å². The summed E-state index contributed by atoms with van der Waals surface area (Å²) in [7, 11) is 0. The van der Waals surface area contributed by atoms with Crippen molar-refractivity contribution < 1.29 is 0 Å². The molecule has 3 rings (SSSR count). The minimum absolute atomic E-state index is 0.924. The van der Waals surface area contributed by atoms with Gasteiger partial charge >= 0.3 is 0 Å². The highest BCUT2D eigenvalue weighted by molar-refractivity contribution is 6.04. The minimum atomic E-state index is 0.924. The quantitative estimate of drug-likeness (QED) is 0.0798. The van der Waals surface area contributed by atoms with Gasteiger partial charge in [0.25, 0.3) is 0 Å². The Kier molecular flexibility index (Phi) is 17.7. The van der Waals surface area contributed by atoms with Crippen LogP contribution in [0.15, 0.2) is 77.3 Å². The van der Waals surface area contributed by atoms with Crippen LogP contribution in [0.2, 0.25) is 0 Å². The lowest BCUT2D eigenvalue weighted by Crippen LogP contribution is -1.99. The summed E-state index contributed by atoms with van der Waals surface area (Å²) >= 11 is 0. The lowest BCUT2D eigenvalue weighted by Gasteiger charge is -2.13. The average Bonchev–Trinajstić information content (AvgIpc) is 3.07. The number of aliphatic imine (C=N–C) groups is 1. The minimum Gasteiger partial charge on any atom is -0.253 e. The maximum Gasteiger partial charge on any atom is 0.0636 e. The van der Waals surface area contributed by atoms with Crippen molar-refractivity contribution in [3.8, 4) is 11.1 Å². The molecule has 0 heterocycles. The van der Waals surface area contributed by atoms with Crippen molar-refractivity contribution in [2.45, 2.75) is 150 Å². The monoisotopic (exact) mass is 605 g/mol. The number of rotatable bonds is 22. The molecule has 244 valence electrons. The zero-order valence-electron chi connectivity index (χ0n) is 29.6. The van der Waals surface area contributed by atoms with Crippen molar-refractivity contribution in [3.63, 3.8) is 0 Å². The third kappa shape index (κ3) is 13.1. The van der Waals surface area contributed by atoms with E-state index in [1.807, 2.05) is 0 Å². The first-order valence-electron chi connectivity index (χ1n) is 18.7. The predicted molar refractivity (Wildman–Crippen MR) is 202 cm³/mol. The van der Waals surface area contributed by atoms with Crippen molar-refractivity contribution in [1.29, 1.82) is 0 Å². The molecule has 3 aromatic carbocycles. The fourth-order valence-corrected chi connectivity index (χ4v) is 6.44. The van der Waals surface area contributed by atoms with Gasteiger partial charge in [0.15, 0.2) is 0 Å². The summed E-state index contributed by atoms with van der Waals surface area (Å²) in [5.74, 6) is 0. The first-order valence-corrected chi connectivity index (χ1v) is 18.7. The van der Waals surface area contributed by atoms with E-state index in [9.17, 15) is 0 Å². The van der Waals surface area contributed by atoms with Gasteiger partial charge in [0.05, 0.1) is 5.69 Å². The van der Waals surface area contributed by atoms with Gasteiger partial charge in [-0.3, -0.25) is 4.99 Å². The second-order valence-electron chi connectivity index (χ2n) is 13.1. The van der Waals surface area contributed by atoms with E-state index in [0.29, 0.717) is 0 Å². The molecule has 0 aliphatic heterocycles. The standard InChI is InChI=1S/C44H63N/c1-6-10-13-15-17-20-25-38-31-32-42(35-41(38)24-12-8-3)45-44(9-4)36(5)33-37-29-30-40(28-21-18-16-14-11-7-2)43(34-37)39-26-22-19-23-27-39/h19,22-23,26-27,29-35H,6-18,20-21,24-25,28H2,1-5H3. The summed E-state index contributed by atoms with van der Waals surface area (Å²) in [6.45, 7) is 11.4. The molecule has 0 spiro atoms. The molecule has 3 aromatic rings. The fourth-order valence-electron chi connectivity index (χ4n) is 6.44. The molecule has 0 saturated carbocycles. The second kappa shape index (κ2) is 21.7. The van der Waals surface area contributed by atoms with E-state index >= 15 is 0 Å². The molecule has 0 bridgehead atoms. The van der Waals surface area contributed by atoms with E-state index in [1.165, 1.54) is 141 Å². The maximum atomic E-state index is 5.23. The van der Waals surface area contributed by atoms with Crippen molar-refractivity contribution in [2.24, 2.45) is 4.99 Å². The highest BCUT2D eigenvalue weighted by atomic mass is 14.7. The predicted octanol–water partition coefficient (Wildman–Crippen LogP) is 14.1. The van der Waals surface area contributed by atoms with E-state index in [2.05, 4.69) is 107 Å². The molecule has 0 atom stereocenters. The van der Waals surface area contributed by atoms with Crippen LogP contribution in [0, 0.1) is 0 Å². The summed E-state index contributed by atoms with van der Waals surface area (Å²) in [6.07, 6.45) is 25.4. The molecule has 0 aromatic heterocycles. The molecule has 0 aliphatic rings. The lowest BCUT2D eigenvalue weighted by molar-refractivity contribution is 0.606. The molecule has 45 heavy (non-hydrogen) atoms. The Morgan fingerprint density at radius 3 is 1.78 bits per heavy atom. The largest absolute Gasteiger partial charge is 0.253 e. The SMILES string of the molecule is CCCCCCCCc1ccc(N=C(CC)C(C)=Cc2ccc(CCCCCCCC)c(-c3ccccc3)c2)cc1CCCC. The van der Waals surface area contributed by atoms with Gasteiger partial charge in [-0.15, -0.1) is 0 Å². The van der Waals surface area contributed by atoms with Crippen LogP contribution in [0.25, 0.3) is 17.2 Å². The van der Waals surface area contributed by atoms with Crippen LogP contribution < -0.4 is 0 Å². The number of hydrogen-bond donors (Lipinski definition) is 0. The molecule has 0 saturated heterocycles. The lowest BCUT2D eigenvalue weighted by atomic mass is 9.93. The normalized spacial score (nSPS) is 12.2. The number of unbranched alkanes of at least 4 members (excludes halogenated alkanes) is 11. The van der Waals surface area contributed by atoms with E-state index < -0.39 is 0 Å². The van der Waals surface area contributed by atoms with Crippen LogP contribution in [0.1, 0.15) is 153 Å². The molecule has 0 aliphatic carbocycles. The van der Waals surface area contributed by atoms with Gasteiger partial charge in [0.1, 0.15) is 0 Å². The van der Waals surface area contributed by atoms with E-state index in [1.54, 1.807) is 0 Å². The third-order valence-corrected chi connectivity index (χ3v) is 9.24. The molecule has 0 unspecified atom stereocenters. The van der Waals surface area contributed by atoms with Gasteiger partial charge in [0.2, 0.25) is 0 Å². The van der Waals surface area contributed by atoms with Gasteiger partial charge in [0, 0.05) is 5.71 Å². The first kappa shape index (κ1) is 36.5. The number of benzene rings is 3. The molecule has 1 nitrogen and oxygen atoms in total. The van der Waals surface area contributed by atoms with Crippen molar-refractivity contribution in [3.05, 3.63) is 94.6 Å². The van der Waals surface area contributed by atoms with E-state index in [0.717, 1.165) is 24.9 Å². The maximum absolute atomic E-state index is 5.23. The van der Waals surface area contributed by atoms with Crippen LogP contribution in [0.5, 0.6) is 0 Å². The first-order chi connectivity index (χ1) is 22.1. The van der Waals surface area contributed by atoms with E-state index in [4.69, 9.17) is 4.99 Å². The zero-order chi connectivity index (χ0) is 32.1. The summed E-state index contributed by atoms with van der Waals surface area (Å²) < 4.78 is 0. The highest BCUT2D eigenvalue weighted by Gasteiger charge is 2.09. The van der Waals surface area contributed by atoms with Gasteiger partial charge in [-0.05, 0) is 109 Å². The Morgan fingerprint density at radius 2 is 1.13 bits per heavy atom. The molecule has 0 radical (unpaired) electrons. The number of hydrogen-bond acceptors (Lipinski definition) is 1. The molecule has 0 N–H and O–H groups in total. The Bertz CT molecular complexity index is 1300. The number of allylic oxidation sites excluding steroid dienone is 1. The van der Waals surface area contributed by atoms with Gasteiger partial charge in [-0.1, -0.05) is 153 Å². The molecular weight excluding hydrogens is 542 g/mol.